The number of rotatable bonds is 4. The topological polar surface area (TPSA) is 47.5 Å². The minimum Gasteiger partial charge on any atom is -0.474 e. The first kappa shape index (κ1) is 16.7. The van der Waals surface area contributed by atoms with Gasteiger partial charge in [-0.3, -0.25) is 9.88 Å². The van der Waals surface area contributed by atoms with Gasteiger partial charge >= 0.3 is 0 Å². The lowest BCUT2D eigenvalue weighted by Crippen LogP contribution is -2.65. The zero-order valence-electron chi connectivity index (χ0n) is 15.3. The molecule has 5 rings (SSSR count). The summed E-state index contributed by atoms with van der Waals surface area (Å²) in [4.78, 5) is 11.5. The number of para-hydroxylation sites is 1. The third-order valence-corrected chi connectivity index (χ3v) is 5.44. The Bertz CT molecular complexity index is 925. The molecular weight excluding hydrogens is 338 g/mol. The Morgan fingerprint density at radius 3 is 2.85 bits per heavy atom. The van der Waals surface area contributed by atoms with Crippen molar-refractivity contribution in [2.75, 3.05) is 19.7 Å². The number of benzene rings is 1. The Hall–Kier alpha value is -2.50. The molecule has 1 unspecified atom stereocenters. The third kappa shape index (κ3) is 3.53. The molecule has 1 atom stereocenters. The van der Waals surface area contributed by atoms with Crippen LogP contribution in [0, 0.1) is 0 Å². The summed E-state index contributed by atoms with van der Waals surface area (Å²) in [6.07, 6.45) is 3.79. The van der Waals surface area contributed by atoms with E-state index in [1.54, 1.807) is 6.20 Å². The van der Waals surface area contributed by atoms with Crippen molar-refractivity contribution in [2.24, 2.45) is 0 Å². The Labute approximate surface area is 159 Å². The van der Waals surface area contributed by atoms with Gasteiger partial charge in [0.1, 0.15) is 6.10 Å². The molecule has 5 heteroatoms. The summed E-state index contributed by atoms with van der Waals surface area (Å²) < 4.78 is 12.2. The van der Waals surface area contributed by atoms with Crippen LogP contribution in [-0.4, -0.2) is 46.3 Å². The van der Waals surface area contributed by atoms with Crippen molar-refractivity contribution in [3.8, 4) is 5.88 Å². The van der Waals surface area contributed by atoms with Crippen LogP contribution in [-0.2, 0) is 11.3 Å². The lowest BCUT2D eigenvalue weighted by molar-refractivity contribution is -0.188. The highest BCUT2D eigenvalue weighted by Gasteiger charge is 2.48. The van der Waals surface area contributed by atoms with Gasteiger partial charge in [-0.2, -0.15) is 0 Å². The highest BCUT2D eigenvalue weighted by Crippen LogP contribution is 2.36. The van der Waals surface area contributed by atoms with Crippen LogP contribution < -0.4 is 4.74 Å². The van der Waals surface area contributed by atoms with Crippen LogP contribution in [0.5, 0.6) is 5.88 Å². The molecule has 3 aromatic rings. The molecule has 0 radical (unpaired) electrons. The van der Waals surface area contributed by atoms with Crippen molar-refractivity contribution in [3.05, 3.63) is 66.5 Å². The van der Waals surface area contributed by atoms with Crippen LogP contribution in [0.4, 0.5) is 0 Å². The third-order valence-electron chi connectivity index (χ3n) is 5.44. The molecule has 1 spiro atoms. The second-order valence-electron chi connectivity index (χ2n) is 7.57. The number of nitrogens with zero attached hydrogens (tertiary/aromatic N) is 3. The van der Waals surface area contributed by atoms with Gasteiger partial charge < -0.3 is 9.47 Å². The summed E-state index contributed by atoms with van der Waals surface area (Å²) in [5, 5.41) is 1.19. The molecule has 0 aliphatic carbocycles. The van der Waals surface area contributed by atoms with Crippen molar-refractivity contribution < 1.29 is 9.47 Å². The van der Waals surface area contributed by atoms with Crippen LogP contribution in [0.15, 0.2) is 60.8 Å². The molecular formula is C22H23N3O2. The number of likely N-dealkylation sites (tertiary alicyclic amines) is 1. The van der Waals surface area contributed by atoms with E-state index in [1.807, 2.05) is 30.3 Å². The highest BCUT2D eigenvalue weighted by molar-refractivity contribution is 5.78. The van der Waals surface area contributed by atoms with Crippen molar-refractivity contribution in [1.82, 2.24) is 14.9 Å². The lowest BCUT2D eigenvalue weighted by atomic mass is 9.84. The standard InChI is InChI=1S/C22H23N3O2/c1-2-6-20-17(5-1)8-9-18(24-20)14-25-15-22(16-25)13-19(10-12-26-22)27-21-7-3-4-11-23-21/h1-9,11,19H,10,12-16H2. The predicted molar refractivity (Wildman–Crippen MR) is 104 cm³/mol. The maximum Gasteiger partial charge on any atom is 0.213 e. The molecule has 27 heavy (non-hydrogen) atoms. The molecule has 0 amide bonds. The predicted octanol–water partition coefficient (Wildman–Crippen LogP) is 3.44. The van der Waals surface area contributed by atoms with Crippen molar-refractivity contribution in [3.63, 3.8) is 0 Å². The number of fused-ring (bicyclic) bond motifs is 1. The number of pyridine rings is 2. The first-order valence-corrected chi connectivity index (χ1v) is 9.57. The van der Waals surface area contributed by atoms with Crippen molar-refractivity contribution in [2.45, 2.75) is 31.1 Å². The number of hydrogen-bond acceptors (Lipinski definition) is 5. The molecule has 2 aromatic heterocycles. The zero-order chi connectivity index (χ0) is 18.1. The van der Waals surface area contributed by atoms with E-state index < -0.39 is 0 Å². The maximum atomic E-state index is 6.15. The molecule has 2 saturated heterocycles. The summed E-state index contributed by atoms with van der Waals surface area (Å²) in [7, 11) is 0. The van der Waals surface area contributed by atoms with E-state index in [0.29, 0.717) is 5.88 Å². The summed E-state index contributed by atoms with van der Waals surface area (Å²) >= 11 is 0. The van der Waals surface area contributed by atoms with Gasteiger partial charge in [0.15, 0.2) is 0 Å². The fourth-order valence-electron chi connectivity index (χ4n) is 4.20. The number of aromatic nitrogens is 2. The van der Waals surface area contributed by atoms with E-state index >= 15 is 0 Å². The van der Waals surface area contributed by atoms with Crippen LogP contribution in [0.2, 0.25) is 0 Å². The molecule has 2 aliphatic heterocycles. The van der Waals surface area contributed by atoms with E-state index in [2.05, 4.69) is 34.1 Å². The van der Waals surface area contributed by atoms with Gasteiger partial charge in [0.25, 0.3) is 0 Å². The van der Waals surface area contributed by atoms with Crippen LogP contribution in [0.1, 0.15) is 18.5 Å². The Morgan fingerprint density at radius 2 is 1.96 bits per heavy atom. The van der Waals surface area contributed by atoms with Gasteiger partial charge in [-0.25, -0.2) is 4.98 Å². The second kappa shape index (κ2) is 6.91. The first-order valence-electron chi connectivity index (χ1n) is 9.57. The van der Waals surface area contributed by atoms with Gasteiger partial charge in [0, 0.05) is 50.1 Å². The summed E-state index contributed by atoms with van der Waals surface area (Å²) in [5.74, 6) is 0.705. The van der Waals surface area contributed by atoms with Crippen molar-refractivity contribution in [1.29, 1.82) is 0 Å². The summed E-state index contributed by atoms with van der Waals surface area (Å²) in [6.45, 7) is 3.48. The molecule has 5 nitrogen and oxygen atoms in total. The fraction of sp³-hybridized carbons (Fsp3) is 0.364. The number of ether oxygens (including phenoxy) is 2. The SMILES string of the molecule is c1ccc(OC2CCOC3(C2)CN(Cc2ccc4ccccc4n2)C3)nc1. The molecule has 2 aliphatic rings. The molecule has 0 bridgehead atoms. The van der Waals surface area contributed by atoms with Crippen LogP contribution >= 0.6 is 0 Å². The van der Waals surface area contributed by atoms with E-state index in [1.165, 1.54) is 5.39 Å². The van der Waals surface area contributed by atoms with Gasteiger partial charge in [0.05, 0.1) is 23.4 Å². The highest BCUT2D eigenvalue weighted by atomic mass is 16.5. The average Bonchev–Trinajstić information content (AvgIpc) is 2.68. The minimum absolute atomic E-state index is 0.0749. The monoisotopic (exact) mass is 361 g/mol. The summed E-state index contributed by atoms with van der Waals surface area (Å²) in [5.41, 5.74) is 2.10. The van der Waals surface area contributed by atoms with E-state index in [0.717, 1.165) is 50.3 Å². The molecule has 4 heterocycles. The van der Waals surface area contributed by atoms with Crippen LogP contribution in [0.3, 0.4) is 0 Å². The first-order chi connectivity index (χ1) is 13.3. The second-order valence-corrected chi connectivity index (χ2v) is 7.57. The molecule has 138 valence electrons. The normalized spacial score (nSPS) is 21.9. The van der Waals surface area contributed by atoms with Crippen molar-refractivity contribution >= 4 is 10.9 Å². The largest absolute Gasteiger partial charge is 0.474 e. The molecule has 0 N–H and O–H groups in total. The zero-order valence-corrected chi connectivity index (χ0v) is 15.3. The van der Waals surface area contributed by atoms with Gasteiger partial charge in [0.2, 0.25) is 5.88 Å². The Balaban J connectivity index is 1.20. The van der Waals surface area contributed by atoms with Gasteiger partial charge in [-0.05, 0) is 18.2 Å². The van der Waals surface area contributed by atoms with Crippen LogP contribution in [0.25, 0.3) is 10.9 Å². The fourth-order valence-corrected chi connectivity index (χ4v) is 4.20. The smallest absolute Gasteiger partial charge is 0.213 e. The van der Waals surface area contributed by atoms with Gasteiger partial charge in [-0.15, -0.1) is 0 Å². The maximum absolute atomic E-state index is 6.15. The van der Waals surface area contributed by atoms with E-state index in [4.69, 9.17) is 14.5 Å². The molecule has 0 saturated carbocycles. The average molecular weight is 361 g/mol. The minimum atomic E-state index is -0.0749. The Morgan fingerprint density at radius 1 is 1.07 bits per heavy atom. The lowest BCUT2D eigenvalue weighted by Gasteiger charge is -2.53. The van der Waals surface area contributed by atoms with E-state index in [-0.39, 0.29) is 11.7 Å². The quantitative estimate of drug-likeness (QED) is 0.712. The molecule has 2 fully saturated rings. The van der Waals surface area contributed by atoms with E-state index in [9.17, 15) is 0 Å². The Kier molecular flexibility index (Phi) is 4.26. The summed E-state index contributed by atoms with van der Waals surface area (Å²) in [6, 6.07) is 18.3. The molecule has 1 aromatic carbocycles. The number of hydrogen-bond donors (Lipinski definition) is 0. The van der Waals surface area contributed by atoms with Gasteiger partial charge in [-0.1, -0.05) is 30.3 Å².